The molecule has 0 aliphatic heterocycles. The van der Waals surface area contributed by atoms with Gasteiger partial charge in [-0.25, -0.2) is 0 Å². The molecular weight excluding hydrogens is 312 g/mol. The highest BCUT2D eigenvalue weighted by Gasteiger charge is 2.23. The quantitative estimate of drug-likeness (QED) is 0.377. The molecule has 0 amide bonds. The number of rotatable bonds is 13. The van der Waals surface area contributed by atoms with Gasteiger partial charge in [-0.1, -0.05) is 27.7 Å². The van der Waals surface area contributed by atoms with E-state index >= 15 is 0 Å². The Bertz CT molecular complexity index is 340. The summed E-state index contributed by atoms with van der Waals surface area (Å²) in [5, 5.41) is 0. The van der Waals surface area contributed by atoms with Crippen molar-refractivity contribution < 1.29 is 28.5 Å². The Morgan fingerprint density at radius 1 is 0.667 bits per heavy atom. The molecule has 0 N–H and O–H groups in total. The van der Waals surface area contributed by atoms with Crippen LogP contribution in [0.25, 0.3) is 0 Å². The molecule has 142 valence electrons. The number of methoxy groups -OCH3 is 2. The highest BCUT2D eigenvalue weighted by atomic mass is 16.5. The molecule has 6 nitrogen and oxygen atoms in total. The number of esters is 2. The number of hydrogen-bond donors (Lipinski definition) is 0. The van der Waals surface area contributed by atoms with Gasteiger partial charge in [0.2, 0.25) is 0 Å². The van der Waals surface area contributed by atoms with Crippen LogP contribution in [0.15, 0.2) is 0 Å². The number of ether oxygens (including phenoxy) is 4. The lowest BCUT2D eigenvalue weighted by Crippen LogP contribution is -2.21. The van der Waals surface area contributed by atoms with E-state index in [0.717, 1.165) is 12.8 Å². The third kappa shape index (κ3) is 12.3. The summed E-state index contributed by atoms with van der Waals surface area (Å²) in [6, 6.07) is 0. The highest BCUT2D eigenvalue weighted by Crippen LogP contribution is 2.26. The second kappa shape index (κ2) is 11.4. The summed E-state index contributed by atoms with van der Waals surface area (Å²) in [6.45, 7) is 10.3. The van der Waals surface area contributed by atoms with Crippen molar-refractivity contribution in [3.8, 4) is 0 Å². The largest absolute Gasteiger partial charge is 0.469 e. The number of hydrogen-bond acceptors (Lipinski definition) is 6. The Morgan fingerprint density at radius 3 is 1.29 bits per heavy atom. The smallest absolute Gasteiger partial charge is 0.306 e. The maximum Gasteiger partial charge on any atom is 0.306 e. The number of carbonyl (C=O) groups is 2. The van der Waals surface area contributed by atoms with Crippen LogP contribution in [0.2, 0.25) is 0 Å². The summed E-state index contributed by atoms with van der Waals surface area (Å²) in [5.74, 6) is -0.393. The van der Waals surface area contributed by atoms with Crippen molar-refractivity contribution in [1.29, 1.82) is 0 Å². The molecule has 0 aromatic carbocycles. The van der Waals surface area contributed by atoms with E-state index < -0.39 is 0 Å². The summed E-state index contributed by atoms with van der Waals surface area (Å²) in [7, 11) is 2.80. The minimum Gasteiger partial charge on any atom is -0.469 e. The predicted octanol–water partition coefficient (Wildman–Crippen LogP) is 2.98. The van der Waals surface area contributed by atoms with Gasteiger partial charge in [-0.3, -0.25) is 9.59 Å². The van der Waals surface area contributed by atoms with Gasteiger partial charge in [0.25, 0.3) is 0 Å². The average Bonchev–Trinajstić information content (AvgIpc) is 2.48. The van der Waals surface area contributed by atoms with Crippen molar-refractivity contribution in [2.75, 3.05) is 40.6 Å². The first-order chi connectivity index (χ1) is 11.1. The first-order valence-electron chi connectivity index (χ1n) is 8.41. The SMILES string of the molecule is COC(=O)CC(C)(C)CCOCCOCCC(C)(C)CC(=O)OC. The van der Waals surface area contributed by atoms with Gasteiger partial charge in [-0.05, 0) is 23.7 Å². The molecule has 0 saturated heterocycles. The van der Waals surface area contributed by atoms with Gasteiger partial charge in [0.1, 0.15) is 0 Å². The summed E-state index contributed by atoms with van der Waals surface area (Å²) < 4.78 is 20.5. The van der Waals surface area contributed by atoms with Crippen LogP contribution in [-0.4, -0.2) is 52.6 Å². The topological polar surface area (TPSA) is 71.1 Å². The monoisotopic (exact) mass is 346 g/mol. The van der Waals surface area contributed by atoms with Crippen LogP contribution in [0.4, 0.5) is 0 Å². The second-order valence-corrected chi connectivity index (χ2v) is 7.56. The van der Waals surface area contributed by atoms with Gasteiger partial charge in [0.05, 0.1) is 40.3 Å². The van der Waals surface area contributed by atoms with Crippen LogP contribution in [0, 0.1) is 10.8 Å². The lowest BCUT2D eigenvalue weighted by molar-refractivity contribution is -0.144. The molecule has 0 bridgehead atoms. The molecule has 0 rings (SSSR count). The van der Waals surface area contributed by atoms with Crippen LogP contribution < -0.4 is 0 Å². The molecule has 0 aliphatic carbocycles. The minimum absolute atomic E-state index is 0.133. The fourth-order valence-electron chi connectivity index (χ4n) is 2.12. The van der Waals surface area contributed by atoms with Crippen LogP contribution in [-0.2, 0) is 28.5 Å². The molecule has 0 unspecified atom stereocenters. The first-order valence-corrected chi connectivity index (χ1v) is 8.41. The Hall–Kier alpha value is -1.14. The first kappa shape index (κ1) is 22.9. The molecule has 0 saturated carbocycles. The van der Waals surface area contributed by atoms with Crippen molar-refractivity contribution in [3.63, 3.8) is 0 Å². The maximum atomic E-state index is 11.3. The van der Waals surface area contributed by atoms with Crippen molar-refractivity contribution >= 4 is 11.9 Å². The fraction of sp³-hybridized carbons (Fsp3) is 0.889. The minimum atomic E-state index is -0.196. The molecule has 0 aromatic heterocycles. The molecule has 0 heterocycles. The molecule has 24 heavy (non-hydrogen) atoms. The van der Waals surface area contributed by atoms with Gasteiger partial charge in [0.15, 0.2) is 0 Å². The van der Waals surface area contributed by atoms with E-state index in [9.17, 15) is 9.59 Å². The average molecular weight is 346 g/mol. The van der Waals surface area contributed by atoms with Gasteiger partial charge >= 0.3 is 11.9 Å². The maximum absolute atomic E-state index is 11.3. The molecule has 0 radical (unpaired) electrons. The number of carbonyl (C=O) groups excluding carboxylic acids is 2. The molecule has 6 heteroatoms. The van der Waals surface area contributed by atoms with Crippen LogP contribution in [0.1, 0.15) is 53.4 Å². The normalized spacial score (nSPS) is 12.1. The van der Waals surface area contributed by atoms with E-state index in [0.29, 0.717) is 39.3 Å². The molecule has 0 fully saturated rings. The fourth-order valence-corrected chi connectivity index (χ4v) is 2.12. The lowest BCUT2D eigenvalue weighted by atomic mass is 9.86. The lowest BCUT2D eigenvalue weighted by Gasteiger charge is -2.23. The van der Waals surface area contributed by atoms with Crippen molar-refractivity contribution in [3.05, 3.63) is 0 Å². The summed E-state index contributed by atoms with van der Waals surface area (Å²) >= 11 is 0. The van der Waals surface area contributed by atoms with Crippen molar-refractivity contribution in [1.82, 2.24) is 0 Å². The summed E-state index contributed by atoms with van der Waals surface area (Å²) in [4.78, 5) is 22.6. The van der Waals surface area contributed by atoms with E-state index in [2.05, 4.69) is 9.47 Å². The van der Waals surface area contributed by atoms with E-state index in [1.165, 1.54) is 14.2 Å². The van der Waals surface area contributed by atoms with Crippen LogP contribution in [0.3, 0.4) is 0 Å². The van der Waals surface area contributed by atoms with E-state index in [4.69, 9.17) is 9.47 Å². The predicted molar refractivity (Wildman–Crippen MR) is 91.7 cm³/mol. The summed E-state index contributed by atoms with van der Waals surface area (Å²) in [5.41, 5.74) is -0.266. The van der Waals surface area contributed by atoms with Crippen LogP contribution >= 0.6 is 0 Å². The van der Waals surface area contributed by atoms with Crippen LogP contribution in [0.5, 0.6) is 0 Å². The van der Waals surface area contributed by atoms with Gasteiger partial charge in [-0.15, -0.1) is 0 Å². The Labute approximate surface area is 146 Å². The molecule has 0 atom stereocenters. The zero-order chi connectivity index (χ0) is 18.6. The van der Waals surface area contributed by atoms with Crippen molar-refractivity contribution in [2.45, 2.75) is 53.4 Å². The summed E-state index contributed by atoms with van der Waals surface area (Å²) in [6.07, 6.45) is 2.35. The van der Waals surface area contributed by atoms with E-state index in [1.807, 2.05) is 27.7 Å². The zero-order valence-corrected chi connectivity index (χ0v) is 16.1. The third-order valence-electron chi connectivity index (χ3n) is 3.92. The van der Waals surface area contributed by atoms with E-state index in [-0.39, 0.29) is 22.8 Å². The van der Waals surface area contributed by atoms with Crippen molar-refractivity contribution in [2.24, 2.45) is 10.8 Å². The zero-order valence-electron chi connectivity index (χ0n) is 16.1. The van der Waals surface area contributed by atoms with Gasteiger partial charge in [-0.2, -0.15) is 0 Å². The molecule has 0 aromatic rings. The van der Waals surface area contributed by atoms with E-state index in [1.54, 1.807) is 0 Å². The Kier molecular flexibility index (Phi) is 10.9. The second-order valence-electron chi connectivity index (χ2n) is 7.56. The standard InChI is InChI=1S/C18H34O6/c1-17(2,13-15(19)21-5)7-9-23-11-12-24-10-8-18(3,4)14-16(20)22-6/h7-14H2,1-6H3. The molecular formula is C18H34O6. The van der Waals surface area contributed by atoms with Gasteiger partial charge < -0.3 is 18.9 Å². The van der Waals surface area contributed by atoms with Gasteiger partial charge in [0, 0.05) is 13.2 Å². The third-order valence-corrected chi connectivity index (χ3v) is 3.92. The molecule has 0 aliphatic rings. The Morgan fingerprint density at radius 2 is 1.00 bits per heavy atom. The Balaban J connectivity index is 3.67. The highest BCUT2D eigenvalue weighted by molar-refractivity contribution is 5.70. The molecule has 0 spiro atoms.